The van der Waals surface area contributed by atoms with E-state index in [0.717, 1.165) is 31.4 Å². The van der Waals surface area contributed by atoms with Crippen molar-refractivity contribution in [2.75, 3.05) is 12.9 Å². The molecule has 0 fully saturated rings. The first-order chi connectivity index (χ1) is 15.9. The lowest BCUT2D eigenvalue weighted by molar-refractivity contribution is 0.0600. The minimum absolute atomic E-state index is 0.0838. The van der Waals surface area contributed by atoms with Crippen molar-refractivity contribution in [3.05, 3.63) is 56.6 Å². The first-order valence-corrected chi connectivity index (χ1v) is 14.2. The summed E-state index contributed by atoms with van der Waals surface area (Å²) >= 11 is 12.8. The molecule has 2 aliphatic rings. The Morgan fingerprint density at radius 2 is 1.40 bits per heavy atom. The number of benzene rings is 2. The number of methoxy groups -OCH3 is 1. The molecule has 2 aliphatic heterocycles. The van der Waals surface area contributed by atoms with Crippen LogP contribution >= 0.6 is 23.2 Å². The Bertz CT molecular complexity index is 1560. The van der Waals surface area contributed by atoms with E-state index in [1.54, 1.807) is 13.8 Å². The Morgan fingerprint density at radius 3 is 1.97 bits per heavy atom. The average Bonchev–Trinajstić information content (AvgIpc) is 3.02. The van der Waals surface area contributed by atoms with Crippen LogP contribution in [-0.2, 0) is 35.2 Å². The van der Waals surface area contributed by atoms with Crippen LogP contribution in [0.2, 0.25) is 10.0 Å². The molecule has 7 nitrogen and oxygen atoms in total. The van der Waals surface area contributed by atoms with Crippen molar-refractivity contribution in [3.63, 3.8) is 0 Å². The maximum Gasteiger partial charge on any atom is 0.339 e. The molecular formula is C23H21Cl2FO7S2. The number of alkyl halides is 1. The maximum absolute atomic E-state index is 16.9. The van der Waals surface area contributed by atoms with Crippen LogP contribution in [-0.4, -0.2) is 46.5 Å². The third-order valence-electron chi connectivity index (χ3n) is 6.80. The highest BCUT2D eigenvalue weighted by Crippen LogP contribution is 2.58. The number of Topliss-reactive ketones (excluding diaryl/α,β-unsaturated/α-hetero) is 1. The van der Waals surface area contributed by atoms with Gasteiger partial charge in [0.25, 0.3) is 5.00 Å². The van der Waals surface area contributed by atoms with Gasteiger partial charge in [-0.1, -0.05) is 50.9 Å². The number of carbonyl (C=O) groups is 2. The van der Waals surface area contributed by atoms with E-state index >= 15 is 4.39 Å². The van der Waals surface area contributed by atoms with E-state index in [1.807, 2.05) is 0 Å². The number of rotatable bonds is 3. The third-order valence-corrected chi connectivity index (χ3v) is 12.1. The highest BCUT2D eigenvalue weighted by atomic mass is 35.5. The molecule has 0 radical (unpaired) electrons. The van der Waals surface area contributed by atoms with Gasteiger partial charge in [0.15, 0.2) is 9.84 Å². The molecule has 0 saturated heterocycles. The van der Waals surface area contributed by atoms with E-state index in [0.29, 0.717) is 0 Å². The predicted molar refractivity (Wildman–Crippen MR) is 128 cm³/mol. The molecule has 12 heteroatoms. The molecule has 0 amide bonds. The van der Waals surface area contributed by atoms with Gasteiger partial charge in [0.1, 0.15) is 0 Å². The SMILES string of the molecule is COC(=O)c1ccc2c(c1Cl)C(C)(C)C(F)(C(=O)c1ccc3c(c1Cl)C(C)(C)CS3(=O)=O)S2(=O)=O. The second-order valence-electron chi connectivity index (χ2n) is 9.79. The van der Waals surface area contributed by atoms with E-state index in [-0.39, 0.29) is 37.4 Å². The molecule has 1 unspecified atom stereocenters. The first kappa shape index (κ1) is 26.1. The number of ether oxygens (including phenoxy) is 1. The van der Waals surface area contributed by atoms with Crippen LogP contribution in [0.1, 0.15) is 59.5 Å². The van der Waals surface area contributed by atoms with Gasteiger partial charge in [0, 0.05) is 22.0 Å². The van der Waals surface area contributed by atoms with Gasteiger partial charge in [-0.15, -0.1) is 0 Å². The molecule has 0 N–H and O–H groups in total. The summed E-state index contributed by atoms with van der Waals surface area (Å²) in [7, 11) is -7.57. The van der Waals surface area contributed by atoms with Gasteiger partial charge < -0.3 is 4.74 Å². The summed E-state index contributed by atoms with van der Waals surface area (Å²) in [5.74, 6) is -2.59. The summed E-state index contributed by atoms with van der Waals surface area (Å²) in [6.07, 6.45) is 0. The van der Waals surface area contributed by atoms with Crippen LogP contribution in [0.15, 0.2) is 34.1 Å². The van der Waals surface area contributed by atoms with Crippen LogP contribution in [0.4, 0.5) is 4.39 Å². The van der Waals surface area contributed by atoms with E-state index in [9.17, 15) is 26.4 Å². The van der Waals surface area contributed by atoms with E-state index in [4.69, 9.17) is 23.2 Å². The first-order valence-electron chi connectivity index (χ1n) is 10.3. The zero-order valence-corrected chi connectivity index (χ0v) is 22.5. The van der Waals surface area contributed by atoms with Gasteiger partial charge in [-0.25, -0.2) is 26.0 Å². The summed E-state index contributed by atoms with van der Waals surface area (Å²) in [4.78, 5) is 25.2. The van der Waals surface area contributed by atoms with Crippen molar-refractivity contribution in [1.29, 1.82) is 0 Å². The quantitative estimate of drug-likeness (QED) is 0.401. The normalized spacial score (nSPS) is 24.5. The number of esters is 1. The number of sulfone groups is 2. The third kappa shape index (κ3) is 3.12. The summed E-state index contributed by atoms with van der Waals surface area (Å²) < 4.78 is 73.7. The standard InChI is InChI=1S/C23H21Cl2FO7S2/c1-21(2)10-34(29,30)13-8-6-11(17(24)15(13)21)19(27)23(26)22(3,4)16-14(35(23,31)32)9-7-12(18(16)25)20(28)33-5/h6-9H,10H2,1-5H3. The molecule has 4 rings (SSSR count). The monoisotopic (exact) mass is 562 g/mol. The number of hydrogen-bond acceptors (Lipinski definition) is 7. The number of hydrogen-bond donors (Lipinski definition) is 0. The molecular weight excluding hydrogens is 542 g/mol. The molecule has 2 aromatic carbocycles. The van der Waals surface area contributed by atoms with E-state index in [2.05, 4.69) is 4.74 Å². The second kappa shape index (κ2) is 7.50. The summed E-state index contributed by atoms with van der Waals surface area (Å²) in [6.45, 7) is 5.61. The molecule has 2 heterocycles. The van der Waals surface area contributed by atoms with Crippen molar-refractivity contribution in [1.82, 2.24) is 0 Å². The van der Waals surface area contributed by atoms with Gasteiger partial charge in [-0.05, 0) is 29.8 Å². The van der Waals surface area contributed by atoms with Crippen molar-refractivity contribution >= 4 is 54.6 Å². The lowest BCUT2D eigenvalue weighted by atomic mass is 9.76. The summed E-state index contributed by atoms with van der Waals surface area (Å²) in [6, 6.07) is 4.28. The molecule has 2 aromatic rings. The molecule has 188 valence electrons. The molecule has 0 bridgehead atoms. The van der Waals surface area contributed by atoms with E-state index in [1.165, 1.54) is 13.8 Å². The van der Waals surface area contributed by atoms with Crippen molar-refractivity contribution < 1.29 is 35.6 Å². The van der Waals surface area contributed by atoms with Crippen molar-refractivity contribution in [2.45, 2.75) is 53.3 Å². The minimum Gasteiger partial charge on any atom is -0.465 e. The molecule has 0 aromatic heterocycles. The summed E-state index contributed by atoms with van der Waals surface area (Å²) in [5, 5.41) is -4.22. The fourth-order valence-corrected chi connectivity index (χ4v) is 10.7. The van der Waals surface area contributed by atoms with E-state index < -0.39 is 57.7 Å². The smallest absolute Gasteiger partial charge is 0.339 e. The second-order valence-corrected chi connectivity index (χ2v) is 14.5. The van der Waals surface area contributed by atoms with Gasteiger partial charge in [0.05, 0.1) is 38.3 Å². The molecule has 35 heavy (non-hydrogen) atoms. The number of halogens is 3. The van der Waals surface area contributed by atoms with Crippen LogP contribution in [0.25, 0.3) is 0 Å². The maximum atomic E-state index is 16.9. The average molecular weight is 563 g/mol. The fraction of sp³-hybridized carbons (Fsp3) is 0.391. The van der Waals surface area contributed by atoms with Crippen molar-refractivity contribution in [2.24, 2.45) is 0 Å². The van der Waals surface area contributed by atoms with Crippen LogP contribution in [0, 0.1) is 0 Å². The van der Waals surface area contributed by atoms with Crippen LogP contribution in [0.5, 0.6) is 0 Å². The summed E-state index contributed by atoms with van der Waals surface area (Å²) in [5.41, 5.74) is -3.80. The molecule has 1 atom stereocenters. The largest absolute Gasteiger partial charge is 0.465 e. The minimum atomic E-state index is -4.98. The lowest BCUT2D eigenvalue weighted by Gasteiger charge is -2.33. The topological polar surface area (TPSA) is 112 Å². The Kier molecular flexibility index (Phi) is 5.59. The fourth-order valence-electron chi connectivity index (χ4n) is 5.11. The Morgan fingerprint density at radius 1 is 0.886 bits per heavy atom. The van der Waals surface area contributed by atoms with Crippen molar-refractivity contribution in [3.8, 4) is 0 Å². The number of ketones is 1. The Hall–Kier alpha value is -2.01. The Labute approximate surface area is 212 Å². The zero-order chi connectivity index (χ0) is 26.5. The van der Waals surface area contributed by atoms with Gasteiger partial charge in [-0.2, -0.15) is 0 Å². The van der Waals surface area contributed by atoms with Gasteiger partial charge in [-0.3, -0.25) is 4.79 Å². The zero-order valence-electron chi connectivity index (χ0n) is 19.3. The number of carbonyl (C=O) groups excluding carboxylic acids is 2. The molecule has 0 aliphatic carbocycles. The predicted octanol–water partition coefficient (Wildman–Crippen LogP) is 4.46. The highest BCUT2D eigenvalue weighted by molar-refractivity contribution is 7.94. The van der Waals surface area contributed by atoms with Gasteiger partial charge >= 0.3 is 5.97 Å². The van der Waals surface area contributed by atoms with Crippen LogP contribution < -0.4 is 0 Å². The molecule has 0 spiro atoms. The van der Waals surface area contributed by atoms with Gasteiger partial charge in [0.2, 0.25) is 15.6 Å². The van der Waals surface area contributed by atoms with Crippen LogP contribution in [0.3, 0.4) is 0 Å². The Balaban J connectivity index is 1.99. The number of fused-ring (bicyclic) bond motifs is 2. The lowest BCUT2D eigenvalue weighted by Crippen LogP contribution is -2.51. The highest BCUT2D eigenvalue weighted by Gasteiger charge is 2.70. The molecule has 0 saturated carbocycles.